The van der Waals surface area contributed by atoms with Crippen LogP contribution in [0, 0.1) is 10.1 Å². The first-order valence-corrected chi connectivity index (χ1v) is 8.12. The van der Waals surface area contributed by atoms with E-state index in [2.05, 4.69) is 25.6 Å². The van der Waals surface area contributed by atoms with Gasteiger partial charge in [-0.1, -0.05) is 41.9 Å². The molecule has 2 heterocycles. The highest BCUT2D eigenvalue weighted by molar-refractivity contribution is 6.30. The lowest BCUT2D eigenvalue weighted by atomic mass is 10.1. The van der Waals surface area contributed by atoms with Gasteiger partial charge in [0.25, 0.3) is 0 Å². The number of nitro groups is 1. The molecular weight excluding hydrogens is 356 g/mol. The number of anilines is 3. The number of nitrogens with zero attached hydrogens (tertiary/aromatic N) is 4. The molecule has 0 amide bonds. The molecule has 3 aromatic rings. The first-order valence-electron chi connectivity index (χ1n) is 7.74. The van der Waals surface area contributed by atoms with Gasteiger partial charge in [0, 0.05) is 6.20 Å². The van der Waals surface area contributed by atoms with Crippen molar-refractivity contribution in [1.29, 1.82) is 0 Å². The number of pyridine rings is 1. The molecule has 0 aliphatic rings. The summed E-state index contributed by atoms with van der Waals surface area (Å²) in [7, 11) is 0. The molecule has 0 aliphatic carbocycles. The van der Waals surface area contributed by atoms with Gasteiger partial charge < -0.3 is 10.6 Å². The molecule has 1 atom stereocenters. The molecule has 0 saturated heterocycles. The number of halogens is 1. The molecule has 1 unspecified atom stereocenters. The van der Waals surface area contributed by atoms with E-state index in [4.69, 9.17) is 11.6 Å². The second-order valence-electron chi connectivity index (χ2n) is 5.44. The van der Waals surface area contributed by atoms with Crippen LogP contribution in [0.5, 0.6) is 0 Å². The summed E-state index contributed by atoms with van der Waals surface area (Å²) in [5.41, 5.74) is 0.723. The average molecular weight is 371 g/mol. The molecule has 9 heteroatoms. The van der Waals surface area contributed by atoms with Crippen LogP contribution >= 0.6 is 11.6 Å². The fourth-order valence-electron chi connectivity index (χ4n) is 2.35. The van der Waals surface area contributed by atoms with Crippen molar-refractivity contribution in [3.05, 3.63) is 75.7 Å². The summed E-state index contributed by atoms with van der Waals surface area (Å²) in [6.45, 7) is 1.90. The molecule has 0 saturated carbocycles. The van der Waals surface area contributed by atoms with Crippen LogP contribution in [0.25, 0.3) is 0 Å². The van der Waals surface area contributed by atoms with E-state index in [9.17, 15) is 10.1 Å². The van der Waals surface area contributed by atoms with Crippen LogP contribution in [-0.2, 0) is 0 Å². The monoisotopic (exact) mass is 370 g/mol. The Balaban J connectivity index is 1.91. The zero-order chi connectivity index (χ0) is 18.5. The Morgan fingerprint density at radius 1 is 1.08 bits per heavy atom. The molecule has 3 rings (SSSR count). The third kappa shape index (κ3) is 4.04. The second kappa shape index (κ2) is 7.75. The van der Waals surface area contributed by atoms with Crippen molar-refractivity contribution >= 4 is 34.7 Å². The molecule has 2 aromatic heterocycles. The highest BCUT2D eigenvalue weighted by Crippen LogP contribution is 2.32. The number of rotatable bonds is 6. The smallest absolute Gasteiger partial charge is 0.353 e. The Hall–Kier alpha value is -3.26. The summed E-state index contributed by atoms with van der Waals surface area (Å²) in [5, 5.41) is 18.0. The molecule has 132 valence electrons. The summed E-state index contributed by atoms with van der Waals surface area (Å²) in [4.78, 5) is 23.2. The highest BCUT2D eigenvalue weighted by atomic mass is 35.5. The summed E-state index contributed by atoms with van der Waals surface area (Å²) < 4.78 is 0. The van der Waals surface area contributed by atoms with Gasteiger partial charge in [0.1, 0.15) is 12.1 Å². The zero-order valence-electron chi connectivity index (χ0n) is 13.8. The number of aromatic nitrogens is 3. The fourth-order valence-corrected chi connectivity index (χ4v) is 2.46. The summed E-state index contributed by atoms with van der Waals surface area (Å²) >= 11 is 5.80. The molecule has 0 aliphatic heterocycles. The van der Waals surface area contributed by atoms with Crippen molar-refractivity contribution < 1.29 is 4.92 Å². The maximum atomic E-state index is 11.6. The molecule has 1 aromatic carbocycles. The van der Waals surface area contributed by atoms with Crippen molar-refractivity contribution in [3.63, 3.8) is 0 Å². The predicted molar refractivity (Wildman–Crippen MR) is 99.7 cm³/mol. The first kappa shape index (κ1) is 17.6. The Kier molecular flexibility index (Phi) is 5.23. The van der Waals surface area contributed by atoms with Crippen LogP contribution in [-0.4, -0.2) is 19.9 Å². The van der Waals surface area contributed by atoms with Crippen LogP contribution in [0.4, 0.5) is 23.1 Å². The minimum atomic E-state index is -0.529. The Morgan fingerprint density at radius 2 is 1.81 bits per heavy atom. The van der Waals surface area contributed by atoms with E-state index in [0.29, 0.717) is 10.8 Å². The highest BCUT2D eigenvalue weighted by Gasteiger charge is 2.24. The van der Waals surface area contributed by atoms with Crippen molar-refractivity contribution in [1.82, 2.24) is 15.0 Å². The van der Waals surface area contributed by atoms with E-state index < -0.39 is 4.92 Å². The van der Waals surface area contributed by atoms with Crippen molar-refractivity contribution in [3.8, 4) is 0 Å². The second-order valence-corrected chi connectivity index (χ2v) is 5.88. The van der Waals surface area contributed by atoms with Gasteiger partial charge in [-0.15, -0.1) is 0 Å². The van der Waals surface area contributed by atoms with E-state index in [1.54, 1.807) is 12.1 Å². The molecule has 0 spiro atoms. The third-order valence-corrected chi connectivity index (χ3v) is 3.86. The largest absolute Gasteiger partial charge is 0.358 e. The fraction of sp³-hybridized carbons (Fsp3) is 0.118. The van der Waals surface area contributed by atoms with Crippen LogP contribution < -0.4 is 10.6 Å². The molecule has 26 heavy (non-hydrogen) atoms. The molecule has 0 fully saturated rings. The minimum absolute atomic E-state index is 0.0441. The molecular formula is C17H15ClN6O2. The first-order chi connectivity index (χ1) is 12.5. The van der Waals surface area contributed by atoms with Gasteiger partial charge in [-0.3, -0.25) is 10.1 Å². The predicted octanol–water partition coefficient (Wildman–Crippen LogP) is 4.35. The van der Waals surface area contributed by atoms with Gasteiger partial charge in [0.2, 0.25) is 11.6 Å². The van der Waals surface area contributed by atoms with E-state index in [1.165, 1.54) is 12.5 Å². The van der Waals surface area contributed by atoms with Crippen LogP contribution in [0.1, 0.15) is 18.5 Å². The van der Waals surface area contributed by atoms with Crippen molar-refractivity contribution in [2.24, 2.45) is 0 Å². The zero-order valence-corrected chi connectivity index (χ0v) is 14.5. The van der Waals surface area contributed by atoms with Crippen LogP contribution in [0.2, 0.25) is 5.02 Å². The quantitative estimate of drug-likeness (QED) is 0.490. The van der Waals surface area contributed by atoms with E-state index in [1.807, 2.05) is 37.3 Å². The normalized spacial score (nSPS) is 11.6. The van der Waals surface area contributed by atoms with E-state index in [0.717, 1.165) is 5.56 Å². The van der Waals surface area contributed by atoms with Crippen molar-refractivity contribution in [2.75, 3.05) is 10.6 Å². The van der Waals surface area contributed by atoms with E-state index >= 15 is 0 Å². The topological polar surface area (TPSA) is 106 Å². The lowest BCUT2D eigenvalue weighted by molar-refractivity contribution is -0.383. The summed E-state index contributed by atoms with van der Waals surface area (Å²) in [6, 6.07) is 12.6. The third-order valence-electron chi connectivity index (χ3n) is 3.63. The lowest BCUT2D eigenvalue weighted by Crippen LogP contribution is -2.12. The van der Waals surface area contributed by atoms with E-state index in [-0.39, 0.29) is 23.4 Å². The minimum Gasteiger partial charge on any atom is -0.358 e. The maximum Gasteiger partial charge on any atom is 0.353 e. The number of hydrogen-bond donors (Lipinski definition) is 2. The number of nitrogens with one attached hydrogen (secondary N) is 2. The SMILES string of the molecule is CC(Nc1ncnc(Nc2ccc(Cl)cn2)c1[N+](=O)[O-])c1ccccc1. The lowest BCUT2D eigenvalue weighted by Gasteiger charge is -2.15. The van der Waals surface area contributed by atoms with Crippen molar-refractivity contribution in [2.45, 2.75) is 13.0 Å². The molecule has 8 nitrogen and oxygen atoms in total. The molecule has 0 radical (unpaired) electrons. The standard InChI is InChI=1S/C17H15ClN6O2/c1-11(12-5-3-2-4-6-12)22-16-15(24(25)26)17(21-10-20-16)23-14-8-7-13(18)9-19-14/h2-11H,1H3,(H2,19,20,21,22,23). The van der Waals surface area contributed by atoms with Crippen LogP contribution in [0.3, 0.4) is 0 Å². The van der Waals surface area contributed by atoms with Crippen LogP contribution in [0.15, 0.2) is 55.0 Å². The number of hydrogen-bond acceptors (Lipinski definition) is 7. The summed E-state index contributed by atoms with van der Waals surface area (Å²) in [5.74, 6) is 0.554. The van der Waals surface area contributed by atoms with Gasteiger partial charge in [-0.05, 0) is 24.6 Å². The summed E-state index contributed by atoms with van der Waals surface area (Å²) in [6.07, 6.45) is 2.69. The van der Waals surface area contributed by atoms with Gasteiger partial charge in [0.05, 0.1) is 16.0 Å². The Bertz CT molecular complexity index is 905. The average Bonchev–Trinajstić information content (AvgIpc) is 2.64. The number of benzene rings is 1. The maximum absolute atomic E-state index is 11.6. The van der Waals surface area contributed by atoms with Gasteiger partial charge in [-0.25, -0.2) is 15.0 Å². The van der Waals surface area contributed by atoms with Gasteiger partial charge >= 0.3 is 5.69 Å². The Morgan fingerprint density at radius 3 is 2.46 bits per heavy atom. The van der Waals surface area contributed by atoms with Gasteiger partial charge in [0.15, 0.2) is 0 Å². The molecule has 0 bridgehead atoms. The van der Waals surface area contributed by atoms with Gasteiger partial charge in [-0.2, -0.15) is 0 Å². The molecule has 2 N–H and O–H groups in total. The Labute approximate surface area is 154 Å².